The van der Waals surface area contributed by atoms with Crippen molar-refractivity contribution in [3.63, 3.8) is 0 Å². The quantitative estimate of drug-likeness (QED) is 0.677. The molecule has 0 saturated heterocycles. The number of hydrogen-bond acceptors (Lipinski definition) is 3. The van der Waals surface area contributed by atoms with Crippen LogP contribution in [0.4, 0.5) is 5.69 Å². The van der Waals surface area contributed by atoms with Crippen molar-refractivity contribution in [3.05, 3.63) is 26.5 Å². The SMILES string of the molecule is CCCC(C)Nc1cc(=O)c1=O. The van der Waals surface area contributed by atoms with Gasteiger partial charge in [-0.15, -0.1) is 0 Å². The van der Waals surface area contributed by atoms with Gasteiger partial charge in [0.25, 0.3) is 0 Å². The molecule has 0 spiro atoms. The fourth-order valence-electron chi connectivity index (χ4n) is 1.20. The maximum atomic E-state index is 10.8. The van der Waals surface area contributed by atoms with Gasteiger partial charge < -0.3 is 5.32 Å². The van der Waals surface area contributed by atoms with Gasteiger partial charge in [-0.05, 0) is 13.3 Å². The van der Waals surface area contributed by atoms with E-state index < -0.39 is 0 Å². The van der Waals surface area contributed by atoms with Gasteiger partial charge in [-0.2, -0.15) is 0 Å². The molecular weight excluding hydrogens is 154 g/mol. The number of rotatable bonds is 4. The van der Waals surface area contributed by atoms with E-state index in [-0.39, 0.29) is 16.9 Å². The summed E-state index contributed by atoms with van der Waals surface area (Å²) in [5, 5.41) is 2.99. The highest BCUT2D eigenvalue weighted by molar-refractivity contribution is 5.47. The Hall–Kier alpha value is -1.12. The second kappa shape index (κ2) is 3.52. The van der Waals surface area contributed by atoms with E-state index in [1.807, 2.05) is 6.92 Å². The van der Waals surface area contributed by atoms with Crippen molar-refractivity contribution >= 4 is 5.69 Å². The lowest BCUT2D eigenvalue weighted by atomic mass is 10.1. The maximum absolute atomic E-state index is 10.8. The van der Waals surface area contributed by atoms with Gasteiger partial charge in [0.15, 0.2) is 0 Å². The maximum Gasteiger partial charge on any atom is 0.248 e. The predicted octanol–water partition coefficient (Wildman–Crippen LogP) is 0.883. The van der Waals surface area contributed by atoms with Crippen LogP contribution in [0.5, 0.6) is 0 Å². The van der Waals surface area contributed by atoms with Crippen LogP contribution in [-0.2, 0) is 0 Å². The summed E-state index contributed by atoms with van der Waals surface area (Å²) in [7, 11) is 0. The molecule has 1 aromatic carbocycles. The van der Waals surface area contributed by atoms with Crippen LogP contribution < -0.4 is 16.2 Å². The van der Waals surface area contributed by atoms with E-state index in [4.69, 9.17) is 0 Å². The van der Waals surface area contributed by atoms with Gasteiger partial charge in [-0.3, -0.25) is 9.59 Å². The first kappa shape index (κ1) is 8.97. The van der Waals surface area contributed by atoms with Crippen LogP contribution >= 0.6 is 0 Å². The second-order valence-electron chi connectivity index (χ2n) is 3.09. The molecular formula is C9H13NO2. The van der Waals surface area contributed by atoms with Crippen LogP contribution in [-0.4, -0.2) is 6.04 Å². The lowest BCUT2D eigenvalue weighted by Gasteiger charge is -2.13. The molecule has 0 bridgehead atoms. The Morgan fingerprint density at radius 2 is 2.17 bits per heavy atom. The van der Waals surface area contributed by atoms with E-state index >= 15 is 0 Å². The summed E-state index contributed by atoms with van der Waals surface area (Å²) < 4.78 is 0. The molecule has 1 N–H and O–H groups in total. The molecule has 0 fully saturated rings. The van der Waals surface area contributed by atoms with Crippen molar-refractivity contribution < 1.29 is 0 Å². The third-order valence-electron chi connectivity index (χ3n) is 1.87. The van der Waals surface area contributed by atoms with Gasteiger partial charge in [0, 0.05) is 12.1 Å². The number of anilines is 1. The number of nitrogens with one attached hydrogen (secondary N) is 1. The van der Waals surface area contributed by atoms with E-state index in [0.29, 0.717) is 5.69 Å². The molecule has 0 saturated carbocycles. The van der Waals surface area contributed by atoms with Gasteiger partial charge in [-0.1, -0.05) is 13.3 Å². The summed E-state index contributed by atoms with van der Waals surface area (Å²) in [6.45, 7) is 4.08. The van der Waals surface area contributed by atoms with Gasteiger partial charge in [-0.25, -0.2) is 0 Å². The average molecular weight is 167 g/mol. The summed E-state index contributed by atoms with van der Waals surface area (Å²) in [6.07, 6.45) is 2.09. The Bertz CT molecular complexity index is 323. The van der Waals surface area contributed by atoms with Gasteiger partial charge in [0.2, 0.25) is 10.9 Å². The van der Waals surface area contributed by atoms with Crippen molar-refractivity contribution in [2.75, 3.05) is 5.32 Å². The fourth-order valence-corrected chi connectivity index (χ4v) is 1.20. The number of hydrogen-bond donors (Lipinski definition) is 1. The lowest BCUT2D eigenvalue weighted by Crippen LogP contribution is -2.34. The molecule has 1 rings (SSSR count). The molecule has 0 aromatic heterocycles. The third kappa shape index (κ3) is 1.72. The molecule has 66 valence electrons. The summed E-state index contributed by atoms with van der Waals surface area (Å²) in [5.41, 5.74) is -0.292. The standard InChI is InChI=1S/C9H13NO2/c1-3-4-6(2)10-7-5-8(11)9(7)12/h5-6,10H,3-4H2,1-2H3. The van der Waals surface area contributed by atoms with Crippen molar-refractivity contribution in [1.29, 1.82) is 0 Å². The first-order valence-corrected chi connectivity index (χ1v) is 4.22. The molecule has 3 heteroatoms. The Kier molecular flexibility index (Phi) is 2.63. The van der Waals surface area contributed by atoms with E-state index in [0.717, 1.165) is 12.8 Å². The van der Waals surface area contributed by atoms with Crippen molar-refractivity contribution in [1.82, 2.24) is 0 Å². The Labute approximate surface area is 71.1 Å². The van der Waals surface area contributed by atoms with E-state index in [9.17, 15) is 9.59 Å². The second-order valence-corrected chi connectivity index (χ2v) is 3.09. The van der Waals surface area contributed by atoms with Gasteiger partial charge in [0.1, 0.15) is 0 Å². The normalized spacial score (nSPS) is 13.2. The minimum atomic E-state index is -0.388. The zero-order valence-corrected chi connectivity index (χ0v) is 7.39. The Balaban J connectivity index is 2.50. The summed E-state index contributed by atoms with van der Waals surface area (Å²) in [4.78, 5) is 21.3. The van der Waals surface area contributed by atoms with Crippen LogP contribution in [0.15, 0.2) is 15.7 Å². The minimum Gasteiger partial charge on any atom is -0.379 e. The highest BCUT2D eigenvalue weighted by Crippen LogP contribution is 2.03. The molecule has 0 aliphatic rings. The minimum absolute atomic E-state index is 0.276. The summed E-state index contributed by atoms with van der Waals surface area (Å²) in [5.74, 6) is 0. The smallest absolute Gasteiger partial charge is 0.248 e. The molecule has 0 radical (unpaired) electrons. The van der Waals surface area contributed by atoms with E-state index in [1.165, 1.54) is 6.07 Å². The highest BCUT2D eigenvalue weighted by Gasteiger charge is 2.10. The molecule has 0 heterocycles. The van der Waals surface area contributed by atoms with Crippen LogP contribution in [0.1, 0.15) is 26.7 Å². The first-order valence-electron chi connectivity index (χ1n) is 4.22. The zero-order valence-electron chi connectivity index (χ0n) is 7.39. The largest absolute Gasteiger partial charge is 0.379 e. The Morgan fingerprint density at radius 3 is 2.58 bits per heavy atom. The lowest BCUT2D eigenvalue weighted by molar-refractivity contribution is 0.689. The first-order chi connectivity index (χ1) is 5.65. The molecule has 0 aliphatic carbocycles. The molecule has 1 atom stereocenters. The molecule has 12 heavy (non-hydrogen) atoms. The van der Waals surface area contributed by atoms with Crippen LogP contribution in [0.3, 0.4) is 0 Å². The predicted molar refractivity (Wildman–Crippen MR) is 49.3 cm³/mol. The van der Waals surface area contributed by atoms with Crippen molar-refractivity contribution in [2.45, 2.75) is 32.7 Å². The van der Waals surface area contributed by atoms with Crippen molar-refractivity contribution in [3.8, 4) is 0 Å². The Morgan fingerprint density at radius 1 is 1.50 bits per heavy atom. The highest BCUT2D eigenvalue weighted by atomic mass is 16.2. The fraction of sp³-hybridized carbons (Fsp3) is 0.556. The van der Waals surface area contributed by atoms with Gasteiger partial charge >= 0.3 is 0 Å². The topological polar surface area (TPSA) is 46.2 Å². The molecule has 0 aliphatic heterocycles. The van der Waals surface area contributed by atoms with Crippen molar-refractivity contribution in [2.24, 2.45) is 0 Å². The summed E-state index contributed by atoms with van der Waals surface area (Å²) in [6, 6.07) is 1.63. The van der Waals surface area contributed by atoms with Crippen LogP contribution in [0, 0.1) is 0 Å². The van der Waals surface area contributed by atoms with E-state index in [1.54, 1.807) is 0 Å². The zero-order chi connectivity index (χ0) is 9.14. The molecule has 0 amide bonds. The summed E-state index contributed by atoms with van der Waals surface area (Å²) >= 11 is 0. The molecule has 3 nitrogen and oxygen atoms in total. The van der Waals surface area contributed by atoms with Gasteiger partial charge in [0.05, 0.1) is 5.69 Å². The average Bonchev–Trinajstić information content (AvgIpc) is 2.04. The van der Waals surface area contributed by atoms with E-state index in [2.05, 4.69) is 12.2 Å². The molecule has 1 aromatic rings. The van der Waals surface area contributed by atoms with Crippen LogP contribution in [0.2, 0.25) is 0 Å². The monoisotopic (exact) mass is 167 g/mol. The molecule has 1 unspecified atom stereocenters. The van der Waals surface area contributed by atoms with Crippen LogP contribution in [0.25, 0.3) is 0 Å². The third-order valence-corrected chi connectivity index (χ3v) is 1.87.